The molecule has 0 aromatic rings. The Hall–Kier alpha value is -0.770. The highest BCUT2D eigenvalue weighted by Crippen LogP contribution is 1.82. The summed E-state index contributed by atoms with van der Waals surface area (Å²) in [5, 5.41) is 8.60. The van der Waals surface area contributed by atoms with Gasteiger partial charge in [0.2, 0.25) is 0 Å². The Morgan fingerprint density at radius 2 is 1.69 bits per heavy atom. The fourth-order valence-corrected chi connectivity index (χ4v) is 0.908. The maximum Gasteiger partial charge on any atom is 0.314 e. The van der Waals surface area contributed by atoms with E-state index in [-0.39, 0.29) is 6.03 Å². The molecule has 0 saturated heterocycles. The molecule has 0 heterocycles. The molecular weight excluding hydrogens is 166 g/mol. The van der Waals surface area contributed by atoms with Gasteiger partial charge in [-0.25, -0.2) is 4.79 Å². The molecule has 0 saturated carbocycles. The average molecular weight is 187 g/mol. The average Bonchev–Trinajstić information content (AvgIpc) is 2.13. The zero-order valence-electron chi connectivity index (χ0n) is 8.65. The van der Waals surface area contributed by atoms with E-state index in [2.05, 4.69) is 22.9 Å². The molecule has 0 rings (SSSR count). The molecule has 0 radical (unpaired) electrons. The van der Waals surface area contributed by atoms with Crippen LogP contribution in [-0.4, -0.2) is 32.7 Å². The SMILES string of the molecule is CCCCNC(=O)NCCCNC. The summed E-state index contributed by atoms with van der Waals surface area (Å²) in [6, 6.07) is -0.0513. The van der Waals surface area contributed by atoms with Crippen molar-refractivity contribution in [1.29, 1.82) is 0 Å². The molecule has 0 bridgehead atoms. The van der Waals surface area contributed by atoms with Gasteiger partial charge in [0, 0.05) is 13.1 Å². The number of carbonyl (C=O) groups excluding carboxylic acids is 1. The van der Waals surface area contributed by atoms with E-state index in [1.807, 2.05) is 7.05 Å². The third-order valence-electron chi connectivity index (χ3n) is 1.70. The Labute approximate surface area is 80.5 Å². The predicted molar refractivity (Wildman–Crippen MR) is 54.9 cm³/mol. The Bertz CT molecular complexity index is 128. The second kappa shape index (κ2) is 9.32. The standard InChI is InChI=1S/C9H21N3O/c1-3-4-7-11-9(13)12-8-5-6-10-2/h10H,3-8H2,1-2H3,(H2,11,12,13). The van der Waals surface area contributed by atoms with E-state index >= 15 is 0 Å². The second-order valence-corrected chi connectivity index (χ2v) is 2.99. The van der Waals surface area contributed by atoms with E-state index in [9.17, 15) is 4.79 Å². The third-order valence-corrected chi connectivity index (χ3v) is 1.70. The van der Waals surface area contributed by atoms with Gasteiger partial charge < -0.3 is 16.0 Å². The fraction of sp³-hybridized carbons (Fsp3) is 0.889. The van der Waals surface area contributed by atoms with Gasteiger partial charge in [0.25, 0.3) is 0 Å². The predicted octanol–water partition coefficient (Wildman–Crippen LogP) is 0.695. The number of carbonyl (C=O) groups is 1. The Morgan fingerprint density at radius 1 is 1.08 bits per heavy atom. The van der Waals surface area contributed by atoms with Crippen molar-refractivity contribution in [3.63, 3.8) is 0 Å². The van der Waals surface area contributed by atoms with Crippen LogP contribution in [0.5, 0.6) is 0 Å². The number of unbranched alkanes of at least 4 members (excludes halogenated alkanes) is 1. The lowest BCUT2D eigenvalue weighted by Gasteiger charge is -2.06. The van der Waals surface area contributed by atoms with Crippen molar-refractivity contribution >= 4 is 6.03 Å². The molecule has 2 amide bonds. The number of hydrogen-bond donors (Lipinski definition) is 3. The van der Waals surface area contributed by atoms with Gasteiger partial charge in [0.15, 0.2) is 0 Å². The third kappa shape index (κ3) is 9.14. The highest BCUT2D eigenvalue weighted by molar-refractivity contribution is 5.73. The second-order valence-electron chi connectivity index (χ2n) is 2.99. The first-order valence-corrected chi connectivity index (χ1v) is 4.97. The van der Waals surface area contributed by atoms with E-state index in [0.717, 1.165) is 38.9 Å². The van der Waals surface area contributed by atoms with Crippen LogP contribution in [0, 0.1) is 0 Å². The van der Waals surface area contributed by atoms with Crippen molar-refractivity contribution in [2.24, 2.45) is 0 Å². The molecule has 78 valence electrons. The number of rotatable bonds is 7. The van der Waals surface area contributed by atoms with Crippen LogP contribution in [0.25, 0.3) is 0 Å². The van der Waals surface area contributed by atoms with Gasteiger partial charge in [-0.3, -0.25) is 0 Å². The largest absolute Gasteiger partial charge is 0.338 e. The molecule has 0 aliphatic heterocycles. The maximum absolute atomic E-state index is 11.0. The maximum atomic E-state index is 11.0. The van der Waals surface area contributed by atoms with Crippen LogP contribution >= 0.6 is 0 Å². The van der Waals surface area contributed by atoms with Gasteiger partial charge >= 0.3 is 6.03 Å². The van der Waals surface area contributed by atoms with Crippen LogP contribution in [0.1, 0.15) is 26.2 Å². The van der Waals surface area contributed by atoms with E-state index < -0.39 is 0 Å². The molecule has 0 aliphatic carbocycles. The van der Waals surface area contributed by atoms with E-state index in [1.54, 1.807) is 0 Å². The minimum atomic E-state index is -0.0513. The lowest BCUT2D eigenvalue weighted by Crippen LogP contribution is -2.37. The lowest BCUT2D eigenvalue weighted by atomic mass is 10.3. The molecule has 0 unspecified atom stereocenters. The lowest BCUT2D eigenvalue weighted by molar-refractivity contribution is 0.240. The van der Waals surface area contributed by atoms with Crippen molar-refractivity contribution in [2.45, 2.75) is 26.2 Å². The summed E-state index contributed by atoms with van der Waals surface area (Å²) in [5.74, 6) is 0. The number of nitrogens with one attached hydrogen (secondary N) is 3. The molecule has 13 heavy (non-hydrogen) atoms. The summed E-state index contributed by atoms with van der Waals surface area (Å²) in [6.45, 7) is 4.55. The Kier molecular flexibility index (Phi) is 8.77. The molecule has 4 heteroatoms. The molecule has 0 spiro atoms. The van der Waals surface area contributed by atoms with Crippen molar-refractivity contribution in [1.82, 2.24) is 16.0 Å². The molecular formula is C9H21N3O. The van der Waals surface area contributed by atoms with E-state index in [1.165, 1.54) is 0 Å². The minimum Gasteiger partial charge on any atom is -0.338 e. The normalized spacial score (nSPS) is 9.69. The van der Waals surface area contributed by atoms with Crippen LogP contribution in [0.3, 0.4) is 0 Å². The van der Waals surface area contributed by atoms with Crippen molar-refractivity contribution in [2.75, 3.05) is 26.7 Å². The van der Waals surface area contributed by atoms with Crippen molar-refractivity contribution in [3.05, 3.63) is 0 Å². The molecule has 0 aromatic carbocycles. The smallest absolute Gasteiger partial charge is 0.314 e. The molecule has 0 aliphatic rings. The van der Waals surface area contributed by atoms with Crippen LogP contribution in [0.4, 0.5) is 4.79 Å². The zero-order chi connectivity index (χ0) is 9.94. The molecule has 0 aromatic heterocycles. The van der Waals surface area contributed by atoms with Crippen LogP contribution < -0.4 is 16.0 Å². The molecule has 0 atom stereocenters. The first kappa shape index (κ1) is 12.2. The van der Waals surface area contributed by atoms with Crippen molar-refractivity contribution < 1.29 is 4.79 Å². The minimum absolute atomic E-state index is 0.0513. The van der Waals surface area contributed by atoms with Gasteiger partial charge in [-0.15, -0.1) is 0 Å². The number of urea groups is 1. The van der Waals surface area contributed by atoms with Gasteiger partial charge in [-0.1, -0.05) is 13.3 Å². The van der Waals surface area contributed by atoms with Crippen LogP contribution in [0.15, 0.2) is 0 Å². The quantitative estimate of drug-likeness (QED) is 0.514. The fourth-order valence-electron chi connectivity index (χ4n) is 0.908. The summed E-state index contributed by atoms with van der Waals surface area (Å²) in [5.41, 5.74) is 0. The van der Waals surface area contributed by atoms with Crippen LogP contribution in [0.2, 0.25) is 0 Å². The van der Waals surface area contributed by atoms with Crippen molar-refractivity contribution in [3.8, 4) is 0 Å². The van der Waals surface area contributed by atoms with E-state index in [4.69, 9.17) is 0 Å². The summed E-state index contributed by atoms with van der Waals surface area (Å²) >= 11 is 0. The highest BCUT2D eigenvalue weighted by Gasteiger charge is 1.96. The van der Waals surface area contributed by atoms with Gasteiger partial charge in [0.1, 0.15) is 0 Å². The zero-order valence-corrected chi connectivity index (χ0v) is 8.65. The Balaban J connectivity index is 3.11. The summed E-state index contributed by atoms with van der Waals surface area (Å²) < 4.78 is 0. The molecule has 3 N–H and O–H groups in total. The summed E-state index contributed by atoms with van der Waals surface area (Å²) in [4.78, 5) is 11.0. The van der Waals surface area contributed by atoms with Gasteiger partial charge in [-0.05, 0) is 26.4 Å². The topological polar surface area (TPSA) is 53.2 Å². The van der Waals surface area contributed by atoms with Gasteiger partial charge in [-0.2, -0.15) is 0 Å². The first-order chi connectivity index (χ1) is 6.31. The monoisotopic (exact) mass is 187 g/mol. The highest BCUT2D eigenvalue weighted by atomic mass is 16.2. The number of amides is 2. The first-order valence-electron chi connectivity index (χ1n) is 4.97. The van der Waals surface area contributed by atoms with E-state index in [0.29, 0.717) is 0 Å². The Morgan fingerprint density at radius 3 is 2.23 bits per heavy atom. The van der Waals surface area contributed by atoms with Crippen LogP contribution in [-0.2, 0) is 0 Å². The molecule has 0 fully saturated rings. The number of hydrogen-bond acceptors (Lipinski definition) is 2. The summed E-state index contributed by atoms with van der Waals surface area (Å²) in [7, 11) is 1.90. The molecule has 4 nitrogen and oxygen atoms in total. The summed E-state index contributed by atoms with van der Waals surface area (Å²) in [6.07, 6.45) is 3.13. The van der Waals surface area contributed by atoms with Gasteiger partial charge in [0.05, 0.1) is 0 Å².